The van der Waals surface area contributed by atoms with Gasteiger partial charge in [-0.1, -0.05) is 70.0 Å². The topological polar surface area (TPSA) is 26.3 Å². The maximum Gasteiger partial charge on any atom is 0.179 e. The van der Waals surface area contributed by atoms with E-state index in [1.54, 1.807) is 24.3 Å². The quantitative estimate of drug-likeness (QED) is 0.328. The lowest BCUT2D eigenvalue weighted by atomic mass is 9.93. The smallest absolute Gasteiger partial charge is 0.179 e. The Hall–Kier alpha value is -0.900. The van der Waals surface area contributed by atoms with Crippen LogP contribution < -0.4 is 0 Å². The first-order valence-electron chi connectivity index (χ1n) is 6.51. The van der Waals surface area contributed by atoms with Crippen molar-refractivity contribution in [3.8, 4) is 0 Å². The zero-order valence-electron chi connectivity index (χ0n) is 11.0. The van der Waals surface area contributed by atoms with Crippen molar-refractivity contribution in [1.82, 2.24) is 0 Å². The second-order valence-corrected chi connectivity index (χ2v) is 5.95. The van der Waals surface area contributed by atoms with Crippen molar-refractivity contribution in [2.75, 3.05) is 11.9 Å². The van der Waals surface area contributed by atoms with Gasteiger partial charge in [-0.05, 0) is 18.6 Å². The number of rotatable bonds is 6. The van der Waals surface area contributed by atoms with Crippen LogP contribution in [0.5, 0.6) is 0 Å². The molecule has 20 heavy (non-hydrogen) atoms. The second-order valence-electron chi connectivity index (χ2n) is 4.56. The first-order valence-corrected chi connectivity index (χ1v) is 8.01. The maximum atomic E-state index is 12.3. The zero-order valence-corrected chi connectivity index (χ0v) is 13.3. The van der Waals surface area contributed by atoms with E-state index in [0.717, 1.165) is 11.8 Å². The molecule has 0 saturated carbocycles. The molecule has 0 heterocycles. The lowest BCUT2D eigenvalue weighted by molar-refractivity contribution is 0.0842. The number of carbonyl (C=O) groups is 1. The number of carbonyl (C=O) groups excluding carboxylic acids is 1. The van der Waals surface area contributed by atoms with E-state index >= 15 is 0 Å². The van der Waals surface area contributed by atoms with Gasteiger partial charge in [0.2, 0.25) is 0 Å². The number of allylic oxidation sites excluding steroid dienone is 2. The summed E-state index contributed by atoms with van der Waals surface area (Å²) >= 11 is 9.65. The van der Waals surface area contributed by atoms with E-state index < -0.39 is 5.06 Å². The summed E-state index contributed by atoms with van der Waals surface area (Å²) in [6.07, 6.45) is 7.98. The Morgan fingerprint density at radius 1 is 1.25 bits per heavy atom. The summed E-state index contributed by atoms with van der Waals surface area (Å²) in [6.45, 7) is 0.570. The molecule has 0 amide bonds. The number of hydrogen-bond acceptors (Lipinski definition) is 2. The number of ketones is 1. The van der Waals surface area contributed by atoms with Crippen LogP contribution in [0.15, 0.2) is 54.6 Å². The van der Waals surface area contributed by atoms with E-state index in [1.165, 1.54) is 0 Å². The molecule has 1 aromatic rings. The highest BCUT2D eigenvalue weighted by atomic mass is 79.9. The molecule has 0 saturated heterocycles. The third kappa shape index (κ3) is 4.05. The van der Waals surface area contributed by atoms with Gasteiger partial charge >= 0.3 is 0 Å². The van der Waals surface area contributed by atoms with Crippen molar-refractivity contribution in [2.24, 2.45) is 5.92 Å². The highest BCUT2D eigenvalue weighted by Crippen LogP contribution is 2.28. The molecule has 0 atom stereocenters. The third-order valence-electron chi connectivity index (χ3n) is 3.02. The van der Waals surface area contributed by atoms with Gasteiger partial charge in [0, 0.05) is 10.9 Å². The summed E-state index contributed by atoms with van der Waals surface area (Å²) in [5, 5.41) is -0.0435. The van der Waals surface area contributed by atoms with E-state index in [2.05, 4.69) is 15.9 Å². The predicted octanol–water partition coefficient (Wildman–Crippen LogP) is 4.35. The zero-order chi connectivity index (χ0) is 14.4. The Morgan fingerprint density at radius 2 is 1.90 bits per heavy atom. The Kier molecular flexibility index (Phi) is 5.58. The van der Waals surface area contributed by atoms with Crippen LogP contribution in [0.2, 0.25) is 0 Å². The Balaban J connectivity index is 1.99. The van der Waals surface area contributed by atoms with E-state index in [0.29, 0.717) is 12.2 Å². The van der Waals surface area contributed by atoms with E-state index in [1.807, 2.05) is 30.3 Å². The van der Waals surface area contributed by atoms with Crippen LogP contribution in [0.25, 0.3) is 0 Å². The van der Waals surface area contributed by atoms with Gasteiger partial charge in [0.1, 0.15) is 0 Å². The molecule has 2 nitrogen and oxygen atoms in total. The molecule has 0 spiro atoms. The summed E-state index contributed by atoms with van der Waals surface area (Å²) in [4.78, 5) is 12.3. The van der Waals surface area contributed by atoms with Crippen molar-refractivity contribution in [3.63, 3.8) is 0 Å². The van der Waals surface area contributed by atoms with Crippen LogP contribution in [-0.2, 0) is 4.74 Å². The molecule has 4 heteroatoms. The van der Waals surface area contributed by atoms with Gasteiger partial charge in [-0.2, -0.15) is 0 Å². The van der Waals surface area contributed by atoms with Gasteiger partial charge in [-0.15, -0.1) is 0 Å². The number of alkyl halides is 2. The van der Waals surface area contributed by atoms with E-state index in [9.17, 15) is 4.79 Å². The van der Waals surface area contributed by atoms with Gasteiger partial charge in [0.05, 0.1) is 12.5 Å². The molecule has 1 aromatic carbocycles. The number of Topliss-reactive ketones (excluding diaryl/α,β-unsaturated/α-hetero) is 1. The van der Waals surface area contributed by atoms with Crippen molar-refractivity contribution in [2.45, 2.75) is 11.5 Å². The standard InChI is InChI=1S/C16H16BrClO2/c17-11-4-12-20-16(18)9-7-14(8-10-16)15(19)13-5-2-1-3-6-13/h1-3,5-10,14H,4,11-12H2. The van der Waals surface area contributed by atoms with E-state index in [4.69, 9.17) is 16.3 Å². The van der Waals surface area contributed by atoms with Crippen LogP contribution >= 0.6 is 27.5 Å². The minimum absolute atomic E-state index is 0.0669. The van der Waals surface area contributed by atoms with E-state index in [-0.39, 0.29) is 11.7 Å². The SMILES string of the molecule is O=C(c1ccccc1)C1C=CC(Cl)(OCCCBr)C=C1. The lowest BCUT2D eigenvalue weighted by Gasteiger charge is -2.24. The average molecular weight is 356 g/mol. The van der Waals surface area contributed by atoms with Crippen molar-refractivity contribution < 1.29 is 9.53 Å². The summed E-state index contributed by atoms with van der Waals surface area (Å²) in [6, 6.07) is 9.25. The lowest BCUT2D eigenvalue weighted by Crippen LogP contribution is -2.25. The number of ether oxygens (including phenoxy) is 1. The molecule has 0 aromatic heterocycles. The van der Waals surface area contributed by atoms with Crippen LogP contribution in [0.3, 0.4) is 0 Å². The van der Waals surface area contributed by atoms with Gasteiger partial charge in [0.15, 0.2) is 10.8 Å². The maximum absolute atomic E-state index is 12.3. The fourth-order valence-electron chi connectivity index (χ4n) is 1.94. The number of halogens is 2. The molecule has 1 aliphatic carbocycles. The highest BCUT2D eigenvalue weighted by molar-refractivity contribution is 9.09. The first-order chi connectivity index (χ1) is 9.64. The van der Waals surface area contributed by atoms with Gasteiger partial charge < -0.3 is 4.74 Å². The third-order valence-corrected chi connectivity index (χ3v) is 3.95. The predicted molar refractivity (Wildman–Crippen MR) is 85.5 cm³/mol. The van der Waals surface area contributed by atoms with Crippen molar-refractivity contribution in [1.29, 1.82) is 0 Å². The van der Waals surface area contributed by atoms with Gasteiger partial charge in [-0.25, -0.2) is 0 Å². The fourth-order valence-corrected chi connectivity index (χ4v) is 2.39. The molecular weight excluding hydrogens is 340 g/mol. The molecule has 2 rings (SSSR count). The minimum Gasteiger partial charge on any atom is -0.352 e. The monoisotopic (exact) mass is 354 g/mol. The Morgan fingerprint density at radius 3 is 2.50 bits per heavy atom. The Labute approximate surface area is 132 Å². The summed E-state index contributed by atoms with van der Waals surface area (Å²) in [5.74, 6) is -0.207. The minimum atomic E-state index is -0.921. The summed E-state index contributed by atoms with van der Waals surface area (Å²) < 4.78 is 5.60. The second kappa shape index (κ2) is 7.21. The number of benzene rings is 1. The molecular formula is C16H16BrClO2. The van der Waals surface area contributed by atoms with Crippen molar-refractivity contribution >= 4 is 33.3 Å². The van der Waals surface area contributed by atoms with Crippen LogP contribution in [0, 0.1) is 5.92 Å². The molecule has 0 aliphatic heterocycles. The summed E-state index contributed by atoms with van der Waals surface area (Å²) in [7, 11) is 0. The molecule has 0 radical (unpaired) electrons. The normalized spacial score (nSPS) is 24.8. The van der Waals surface area contributed by atoms with Crippen LogP contribution in [0.1, 0.15) is 16.8 Å². The highest BCUT2D eigenvalue weighted by Gasteiger charge is 2.27. The molecule has 106 valence electrons. The number of hydrogen-bond donors (Lipinski definition) is 0. The molecule has 1 aliphatic rings. The fraction of sp³-hybridized carbons (Fsp3) is 0.312. The van der Waals surface area contributed by atoms with Gasteiger partial charge in [-0.3, -0.25) is 4.79 Å². The molecule has 0 N–H and O–H groups in total. The van der Waals surface area contributed by atoms with Crippen LogP contribution in [0.4, 0.5) is 0 Å². The largest absolute Gasteiger partial charge is 0.352 e. The van der Waals surface area contributed by atoms with Crippen LogP contribution in [-0.4, -0.2) is 22.8 Å². The molecule has 0 unspecified atom stereocenters. The van der Waals surface area contributed by atoms with Crippen molar-refractivity contribution in [3.05, 3.63) is 60.2 Å². The molecule has 0 fully saturated rings. The average Bonchev–Trinajstić information content (AvgIpc) is 2.48. The first kappa shape index (κ1) is 15.5. The Bertz CT molecular complexity index is 496. The molecule has 0 bridgehead atoms. The van der Waals surface area contributed by atoms with Gasteiger partial charge in [0.25, 0.3) is 0 Å². The summed E-state index contributed by atoms with van der Waals surface area (Å²) in [5.41, 5.74) is 0.703.